The molecule has 2 aromatic carbocycles. The number of nitrogens with zero attached hydrogens (tertiary/aromatic N) is 2. The van der Waals surface area contributed by atoms with Crippen LogP contribution in [-0.4, -0.2) is 18.4 Å². The minimum atomic E-state index is -3.63. The van der Waals surface area contributed by atoms with Crippen molar-refractivity contribution >= 4 is 60.0 Å². The monoisotopic (exact) mass is 507 g/mol. The second-order valence-corrected chi connectivity index (χ2v) is 9.84. The molecule has 0 bridgehead atoms. The van der Waals surface area contributed by atoms with Gasteiger partial charge in [0.1, 0.15) is 15.4 Å². The average molecular weight is 507 g/mol. The molecule has 27 heavy (non-hydrogen) atoms. The van der Waals surface area contributed by atoms with Crippen LogP contribution in [0.3, 0.4) is 0 Å². The van der Waals surface area contributed by atoms with Gasteiger partial charge in [-0.05, 0) is 89.7 Å². The Kier molecular flexibility index (Phi) is 4.87. The van der Waals surface area contributed by atoms with Crippen molar-refractivity contribution in [1.82, 2.24) is 9.97 Å². The van der Waals surface area contributed by atoms with Gasteiger partial charge in [-0.25, -0.2) is 18.4 Å². The van der Waals surface area contributed by atoms with Crippen LogP contribution >= 0.6 is 33.9 Å². The number of nitrogens with one attached hydrogen (secondary N) is 1. The number of hydrogen-bond donors (Lipinski definition) is 1. The van der Waals surface area contributed by atoms with Gasteiger partial charge in [0.2, 0.25) is 0 Å². The predicted molar refractivity (Wildman–Crippen MR) is 118 cm³/mol. The zero-order valence-corrected chi connectivity index (χ0v) is 18.0. The molecular weight excluding hydrogens is 493 g/mol. The summed E-state index contributed by atoms with van der Waals surface area (Å²) in [7, 11) is -3.63. The first-order chi connectivity index (χ1) is 12.9. The maximum Gasteiger partial charge on any atom is 0.261 e. The van der Waals surface area contributed by atoms with Gasteiger partial charge in [0, 0.05) is 15.3 Å². The third-order valence-corrected chi connectivity index (χ3v) is 7.14. The Morgan fingerprint density at radius 3 is 2.56 bits per heavy atom. The number of aromatic nitrogens is 2. The van der Waals surface area contributed by atoms with E-state index in [9.17, 15) is 8.42 Å². The second-order valence-electron chi connectivity index (χ2n) is 5.94. The largest absolute Gasteiger partial charge is 0.279 e. The fraction of sp³-hybridized carbons (Fsp3) is 0.0526. The highest BCUT2D eigenvalue weighted by atomic mass is 127. The molecule has 0 spiro atoms. The molecule has 136 valence electrons. The van der Waals surface area contributed by atoms with Crippen molar-refractivity contribution in [2.75, 3.05) is 4.72 Å². The van der Waals surface area contributed by atoms with Crippen molar-refractivity contribution in [2.45, 2.75) is 11.8 Å². The molecular formula is C19H14IN3O2S2. The molecule has 4 aromatic rings. The SMILES string of the molecule is Cc1cc(-c2nc3cccnc3s2)ccc1NS(=O)(=O)c1ccc(I)cc1. The van der Waals surface area contributed by atoms with E-state index in [0.29, 0.717) is 5.69 Å². The topological polar surface area (TPSA) is 72.0 Å². The number of aryl methyl sites for hydroxylation is 1. The first kappa shape index (κ1) is 18.3. The third kappa shape index (κ3) is 3.83. The number of rotatable bonds is 4. The van der Waals surface area contributed by atoms with Gasteiger partial charge < -0.3 is 0 Å². The van der Waals surface area contributed by atoms with Crippen molar-refractivity contribution in [2.24, 2.45) is 0 Å². The van der Waals surface area contributed by atoms with Crippen molar-refractivity contribution in [3.63, 3.8) is 0 Å². The number of pyridine rings is 1. The molecule has 0 fully saturated rings. The Hall–Kier alpha value is -2.04. The standard InChI is InChI=1S/C19H14IN3O2S2/c1-12-11-13(18-22-17-3-2-10-21-19(17)26-18)4-9-16(12)23-27(24,25)15-7-5-14(20)6-8-15/h2-11,23H,1H3. The Balaban J connectivity index is 1.64. The summed E-state index contributed by atoms with van der Waals surface area (Å²) < 4.78 is 28.9. The summed E-state index contributed by atoms with van der Waals surface area (Å²) in [6.07, 6.45) is 1.75. The first-order valence-electron chi connectivity index (χ1n) is 8.03. The van der Waals surface area contributed by atoms with Gasteiger partial charge in [-0.15, -0.1) is 0 Å². The number of thiazole rings is 1. The third-order valence-electron chi connectivity index (χ3n) is 4.01. The summed E-state index contributed by atoms with van der Waals surface area (Å²) in [5.41, 5.74) is 3.18. The number of hydrogen-bond acceptors (Lipinski definition) is 5. The normalized spacial score (nSPS) is 11.6. The van der Waals surface area contributed by atoms with Gasteiger partial charge >= 0.3 is 0 Å². The van der Waals surface area contributed by atoms with Crippen molar-refractivity contribution < 1.29 is 8.42 Å². The van der Waals surface area contributed by atoms with E-state index in [0.717, 1.165) is 30.1 Å². The van der Waals surface area contributed by atoms with E-state index >= 15 is 0 Å². The number of halogens is 1. The van der Waals surface area contributed by atoms with E-state index in [1.807, 2.05) is 31.2 Å². The molecule has 0 aliphatic heterocycles. The molecule has 0 amide bonds. The van der Waals surface area contributed by atoms with Crippen LogP contribution in [0.15, 0.2) is 65.7 Å². The van der Waals surface area contributed by atoms with Gasteiger partial charge in [-0.3, -0.25) is 4.72 Å². The number of sulfonamides is 1. The molecule has 0 saturated heterocycles. The zero-order chi connectivity index (χ0) is 19.0. The van der Waals surface area contributed by atoms with Crippen LogP contribution in [0.2, 0.25) is 0 Å². The van der Waals surface area contributed by atoms with Crippen LogP contribution in [0.4, 0.5) is 5.69 Å². The number of fused-ring (bicyclic) bond motifs is 1. The molecule has 5 nitrogen and oxygen atoms in total. The smallest absolute Gasteiger partial charge is 0.261 e. The molecule has 8 heteroatoms. The van der Waals surface area contributed by atoms with Crippen LogP contribution in [0.25, 0.3) is 20.9 Å². The Morgan fingerprint density at radius 1 is 1.07 bits per heavy atom. The summed E-state index contributed by atoms with van der Waals surface area (Å²) in [4.78, 5) is 10.0. The first-order valence-corrected chi connectivity index (χ1v) is 11.4. The lowest BCUT2D eigenvalue weighted by atomic mass is 10.1. The molecule has 4 rings (SSSR count). The molecule has 0 aliphatic rings. The van der Waals surface area contributed by atoms with Gasteiger partial charge in [0.05, 0.1) is 10.6 Å². The van der Waals surface area contributed by atoms with Crippen LogP contribution in [0, 0.1) is 10.5 Å². The van der Waals surface area contributed by atoms with Gasteiger partial charge in [-0.1, -0.05) is 11.3 Å². The lowest BCUT2D eigenvalue weighted by molar-refractivity contribution is 0.601. The Morgan fingerprint density at radius 2 is 1.85 bits per heavy atom. The maximum absolute atomic E-state index is 12.6. The van der Waals surface area contributed by atoms with Gasteiger partial charge in [0.25, 0.3) is 10.0 Å². The summed E-state index contributed by atoms with van der Waals surface area (Å²) in [6, 6.07) is 16.1. The van der Waals surface area contributed by atoms with E-state index in [2.05, 4.69) is 37.3 Å². The molecule has 0 radical (unpaired) electrons. The zero-order valence-electron chi connectivity index (χ0n) is 14.2. The van der Waals surface area contributed by atoms with Crippen LogP contribution < -0.4 is 4.72 Å². The fourth-order valence-electron chi connectivity index (χ4n) is 2.62. The quantitative estimate of drug-likeness (QED) is 0.392. The highest BCUT2D eigenvalue weighted by Crippen LogP contribution is 2.31. The summed E-state index contributed by atoms with van der Waals surface area (Å²) in [6.45, 7) is 1.88. The van der Waals surface area contributed by atoms with E-state index in [1.165, 1.54) is 11.3 Å². The van der Waals surface area contributed by atoms with Crippen LogP contribution in [0.5, 0.6) is 0 Å². The molecule has 0 atom stereocenters. The number of anilines is 1. The van der Waals surface area contributed by atoms with E-state index in [4.69, 9.17) is 0 Å². The van der Waals surface area contributed by atoms with E-state index in [1.54, 1.807) is 36.5 Å². The fourth-order valence-corrected chi connectivity index (χ4v) is 5.02. The van der Waals surface area contributed by atoms with Crippen molar-refractivity contribution in [3.8, 4) is 10.6 Å². The molecule has 1 N–H and O–H groups in total. The summed E-state index contributed by atoms with van der Waals surface area (Å²) in [5, 5.41) is 0.860. The summed E-state index contributed by atoms with van der Waals surface area (Å²) in [5.74, 6) is 0. The Bertz CT molecular complexity index is 1200. The van der Waals surface area contributed by atoms with Crippen LogP contribution in [-0.2, 0) is 10.0 Å². The van der Waals surface area contributed by atoms with E-state index in [-0.39, 0.29) is 4.90 Å². The van der Waals surface area contributed by atoms with Crippen LogP contribution in [0.1, 0.15) is 5.56 Å². The molecule has 2 heterocycles. The molecule has 0 saturated carbocycles. The highest BCUT2D eigenvalue weighted by molar-refractivity contribution is 14.1. The lowest BCUT2D eigenvalue weighted by Crippen LogP contribution is -2.13. The van der Waals surface area contributed by atoms with Gasteiger partial charge in [-0.2, -0.15) is 0 Å². The van der Waals surface area contributed by atoms with Crippen molar-refractivity contribution in [1.29, 1.82) is 0 Å². The minimum absolute atomic E-state index is 0.239. The minimum Gasteiger partial charge on any atom is -0.279 e. The molecule has 0 aliphatic carbocycles. The van der Waals surface area contributed by atoms with Crippen molar-refractivity contribution in [3.05, 3.63) is 69.9 Å². The van der Waals surface area contributed by atoms with Gasteiger partial charge in [0.15, 0.2) is 0 Å². The maximum atomic E-state index is 12.6. The second kappa shape index (κ2) is 7.17. The lowest BCUT2D eigenvalue weighted by Gasteiger charge is -2.11. The molecule has 0 unspecified atom stereocenters. The highest BCUT2D eigenvalue weighted by Gasteiger charge is 2.16. The Labute approximate surface area is 174 Å². The predicted octanol–water partition coefficient (Wildman–Crippen LogP) is 5.07. The number of benzene rings is 2. The van der Waals surface area contributed by atoms with E-state index < -0.39 is 10.0 Å². The molecule has 2 aromatic heterocycles. The summed E-state index contributed by atoms with van der Waals surface area (Å²) >= 11 is 3.66. The average Bonchev–Trinajstić information content (AvgIpc) is 3.08.